The molecule has 2 aromatic heterocycles. The second kappa shape index (κ2) is 7.30. The Morgan fingerprint density at radius 1 is 1.44 bits per heavy atom. The summed E-state index contributed by atoms with van der Waals surface area (Å²) in [6.45, 7) is 5.79. The molecular weight excluding hydrogens is 334 g/mol. The number of aromatic nitrogens is 2. The number of ether oxygens (including phenoxy) is 1. The van der Waals surface area contributed by atoms with Gasteiger partial charge in [-0.05, 0) is 37.1 Å². The van der Waals surface area contributed by atoms with E-state index in [-0.39, 0.29) is 11.8 Å². The molecule has 6 heteroatoms. The minimum atomic E-state index is 0.199. The zero-order chi connectivity index (χ0) is 17.2. The summed E-state index contributed by atoms with van der Waals surface area (Å²) in [4.78, 5) is 15.9. The van der Waals surface area contributed by atoms with Crippen LogP contribution in [0.4, 0.5) is 0 Å². The Hall–Kier alpha value is -1.66. The SMILES string of the molecule is CCOCC1CN(C(=O)Cc2cccs2)Cc2cnn(CC3CC3)c21. The van der Waals surface area contributed by atoms with Crippen LogP contribution >= 0.6 is 11.3 Å². The van der Waals surface area contributed by atoms with Gasteiger partial charge in [-0.1, -0.05) is 6.07 Å². The Kier molecular flexibility index (Phi) is 4.90. The first-order valence-electron chi connectivity index (χ1n) is 9.17. The van der Waals surface area contributed by atoms with E-state index in [4.69, 9.17) is 4.74 Å². The van der Waals surface area contributed by atoms with Crippen LogP contribution in [-0.4, -0.2) is 40.3 Å². The van der Waals surface area contributed by atoms with Crippen LogP contribution in [0.25, 0.3) is 0 Å². The number of hydrogen-bond donors (Lipinski definition) is 0. The van der Waals surface area contributed by atoms with E-state index >= 15 is 0 Å². The van der Waals surface area contributed by atoms with Gasteiger partial charge in [-0.3, -0.25) is 9.48 Å². The van der Waals surface area contributed by atoms with Crippen LogP contribution in [0.5, 0.6) is 0 Å². The Balaban J connectivity index is 1.52. The summed E-state index contributed by atoms with van der Waals surface area (Å²) < 4.78 is 7.91. The fraction of sp³-hybridized carbons (Fsp3) is 0.579. The third-order valence-electron chi connectivity index (χ3n) is 5.06. The first-order chi connectivity index (χ1) is 12.2. The maximum Gasteiger partial charge on any atom is 0.228 e. The lowest BCUT2D eigenvalue weighted by Crippen LogP contribution is -2.40. The molecule has 0 spiro atoms. The van der Waals surface area contributed by atoms with Crippen molar-refractivity contribution in [2.24, 2.45) is 5.92 Å². The number of thiophene rings is 1. The molecule has 1 amide bonds. The third kappa shape index (κ3) is 3.80. The van der Waals surface area contributed by atoms with E-state index < -0.39 is 0 Å². The van der Waals surface area contributed by atoms with Crippen LogP contribution in [0.1, 0.15) is 41.8 Å². The Bertz CT molecular complexity index is 721. The minimum absolute atomic E-state index is 0.199. The van der Waals surface area contributed by atoms with Crippen molar-refractivity contribution < 1.29 is 9.53 Å². The predicted molar refractivity (Wildman–Crippen MR) is 97.6 cm³/mol. The zero-order valence-electron chi connectivity index (χ0n) is 14.7. The Morgan fingerprint density at radius 3 is 3.04 bits per heavy atom. The van der Waals surface area contributed by atoms with E-state index in [0.717, 1.165) is 23.9 Å². The van der Waals surface area contributed by atoms with Gasteiger partial charge >= 0.3 is 0 Å². The molecule has 0 aromatic carbocycles. The normalized spacial score (nSPS) is 19.9. The first-order valence-corrected chi connectivity index (χ1v) is 10.0. The topological polar surface area (TPSA) is 47.4 Å². The van der Waals surface area contributed by atoms with Crippen molar-refractivity contribution in [2.75, 3.05) is 19.8 Å². The lowest BCUT2D eigenvalue weighted by molar-refractivity contribution is -0.132. The lowest BCUT2D eigenvalue weighted by atomic mass is 9.96. The van der Waals surface area contributed by atoms with Gasteiger partial charge in [0.25, 0.3) is 0 Å². The van der Waals surface area contributed by atoms with E-state index in [1.807, 2.05) is 35.5 Å². The third-order valence-corrected chi connectivity index (χ3v) is 5.93. The van der Waals surface area contributed by atoms with Crippen LogP contribution in [0.3, 0.4) is 0 Å². The number of nitrogens with zero attached hydrogens (tertiary/aromatic N) is 3. The van der Waals surface area contributed by atoms with Gasteiger partial charge < -0.3 is 9.64 Å². The second-order valence-corrected chi connectivity index (χ2v) is 8.10. The molecule has 3 heterocycles. The minimum Gasteiger partial charge on any atom is -0.381 e. The summed E-state index contributed by atoms with van der Waals surface area (Å²) in [5.74, 6) is 1.21. The van der Waals surface area contributed by atoms with E-state index in [2.05, 4.69) is 9.78 Å². The molecule has 2 aromatic rings. The average molecular weight is 359 g/mol. The summed E-state index contributed by atoms with van der Waals surface area (Å²) in [6.07, 6.45) is 5.08. The van der Waals surface area contributed by atoms with Crippen LogP contribution in [0.15, 0.2) is 23.7 Å². The van der Waals surface area contributed by atoms with Crippen LogP contribution in [0.2, 0.25) is 0 Å². The first kappa shape index (κ1) is 16.8. The van der Waals surface area contributed by atoms with Gasteiger partial charge in [0.1, 0.15) is 0 Å². The van der Waals surface area contributed by atoms with Gasteiger partial charge in [-0.25, -0.2) is 0 Å². The maximum atomic E-state index is 12.8. The van der Waals surface area contributed by atoms with Crippen molar-refractivity contribution in [3.8, 4) is 0 Å². The van der Waals surface area contributed by atoms with Gasteiger partial charge in [0, 0.05) is 42.6 Å². The average Bonchev–Trinajstić information content (AvgIpc) is 3.11. The Morgan fingerprint density at radius 2 is 2.32 bits per heavy atom. The molecule has 1 aliphatic carbocycles. The lowest BCUT2D eigenvalue weighted by Gasteiger charge is -2.33. The molecule has 0 N–H and O–H groups in total. The van der Waals surface area contributed by atoms with E-state index in [9.17, 15) is 4.79 Å². The molecule has 4 rings (SSSR count). The molecule has 1 unspecified atom stereocenters. The van der Waals surface area contributed by atoms with Crippen LogP contribution < -0.4 is 0 Å². The van der Waals surface area contributed by atoms with E-state index in [0.29, 0.717) is 26.2 Å². The number of fused-ring (bicyclic) bond motifs is 1. The standard InChI is InChI=1S/C19H25N3O2S/c1-2-24-13-16-12-21(18(23)8-17-4-3-7-25-17)11-15-9-20-22(19(15)16)10-14-5-6-14/h3-4,7,9,14,16H,2,5-6,8,10-13H2,1H3. The molecule has 1 saturated carbocycles. The van der Waals surface area contributed by atoms with Crippen molar-refractivity contribution in [2.45, 2.75) is 45.2 Å². The molecule has 2 aliphatic rings. The molecule has 5 nitrogen and oxygen atoms in total. The molecule has 1 atom stereocenters. The van der Waals surface area contributed by atoms with Crippen molar-refractivity contribution in [1.82, 2.24) is 14.7 Å². The molecule has 1 aliphatic heterocycles. The number of rotatable bonds is 7. The van der Waals surface area contributed by atoms with Gasteiger partial charge in [-0.15, -0.1) is 11.3 Å². The van der Waals surface area contributed by atoms with Crippen molar-refractivity contribution >= 4 is 17.2 Å². The highest BCUT2D eigenvalue weighted by molar-refractivity contribution is 7.10. The quantitative estimate of drug-likeness (QED) is 0.763. The fourth-order valence-corrected chi connectivity index (χ4v) is 4.29. The summed E-state index contributed by atoms with van der Waals surface area (Å²) in [7, 11) is 0. The van der Waals surface area contributed by atoms with Crippen molar-refractivity contribution in [3.63, 3.8) is 0 Å². The van der Waals surface area contributed by atoms with Crippen LogP contribution in [0, 0.1) is 5.92 Å². The number of amides is 1. The van der Waals surface area contributed by atoms with Gasteiger partial charge in [0.2, 0.25) is 5.91 Å². The zero-order valence-corrected chi connectivity index (χ0v) is 15.5. The van der Waals surface area contributed by atoms with Crippen LogP contribution in [-0.2, 0) is 29.0 Å². The second-order valence-electron chi connectivity index (χ2n) is 7.07. The fourth-order valence-electron chi connectivity index (χ4n) is 3.60. The monoisotopic (exact) mass is 359 g/mol. The smallest absolute Gasteiger partial charge is 0.228 e. The van der Waals surface area contributed by atoms with Gasteiger partial charge in [0.05, 0.1) is 24.9 Å². The summed E-state index contributed by atoms with van der Waals surface area (Å²) in [5.41, 5.74) is 2.48. The highest BCUT2D eigenvalue weighted by atomic mass is 32.1. The number of carbonyl (C=O) groups excluding carboxylic acids is 1. The summed E-state index contributed by atoms with van der Waals surface area (Å²) >= 11 is 1.64. The highest BCUT2D eigenvalue weighted by Gasteiger charge is 2.33. The maximum absolute atomic E-state index is 12.8. The molecular formula is C19H25N3O2S. The molecule has 0 bridgehead atoms. The summed E-state index contributed by atoms with van der Waals surface area (Å²) in [5, 5.41) is 6.66. The largest absolute Gasteiger partial charge is 0.381 e. The predicted octanol–water partition coefficient (Wildman–Crippen LogP) is 3.06. The van der Waals surface area contributed by atoms with E-state index in [1.165, 1.54) is 24.1 Å². The molecule has 134 valence electrons. The number of carbonyl (C=O) groups is 1. The highest BCUT2D eigenvalue weighted by Crippen LogP contribution is 2.34. The van der Waals surface area contributed by atoms with Crippen molar-refractivity contribution in [3.05, 3.63) is 39.8 Å². The molecule has 25 heavy (non-hydrogen) atoms. The summed E-state index contributed by atoms with van der Waals surface area (Å²) in [6, 6.07) is 4.03. The van der Waals surface area contributed by atoms with Gasteiger partial charge in [-0.2, -0.15) is 5.10 Å². The van der Waals surface area contributed by atoms with Crippen molar-refractivity contribution in [1.29, 1.82) is 0 Å². The van der Waals surface area contributed by atoms with Gasteiger partial charge in [0.15, 0.2) is 0 Å². The molecule has 1 fully saturated rings. The molecule has 0 saturated heterocycles. The Labute approximate surface area is 152 Å². The molecule has 0 radical (unpaired) electrons. The van der Waals surface area contributed by atoms with E-state index in [1.54, 1.807) is 11.3 Å². The number of hydrogen-bond acceptors (Lipinski definition) is 4.